The van der Waals surface area contributed by atoms with Crippen molar-refractivity contribution in [1.29, 1.82) is 0 Å². The highest BCUT2D eigenvalue weighted by Crippen LogP contribution is 2.23. The number of hydrogen-bond donors (Lipinski definition) is 1. The summed E-state index contributed by atoms with van der Waals surface area (Å²) in [6.45, 7) is 0.179. The number of rotatable bonds is 6. The van der Waals surface area contributed by atoms with Gasteiger partial charge in [-0.05, 0) is 17.8 Å². The van der Waals surface area contributed by atoms with Crippen molar-refractivity contribution >= 4 is 11.7 Å². The first-order valence-electron chi connectivity index (χ1n) is 6.70. The molecule has 1 saturated carbocycles. The van der Waals surface area contributed by atoms with E-state index in [0.29, 0.717) is 6.54 Å². The van der Waals surface area contributed by atoms with Crippen molar-refractivity contribution in [2.75, 3.05) is 13.2 Å². The van der Waals surface area contributed by atoms with Crippen molar-refractivity contribution in [1.82, 2.24) is 14.7 Å². The Morgan fingerprint density at radius 1 is 1.55 bits per heavy atom. The van der Waals surface area contributed by atoms with Crippen LogP contribution in [0.3, 0.4) is 0 Å². The van der Waals surface area contributed by atoms with Crippen LogP contribution in [0.25, 0.3) is 0 Å². The first kappa shape index (κ1) is 14.4. The maximum Gasteiger partial charge on any atom is 0.389 e. The lowest BCUT2D eigenvalue weighted by molar-refractivity contribution is -0.389. The van der Waals surface area contributed by atoms with Crippen LogP contribution < -0.4 is 0 Å². The van der Waals surface area contributed by atoms with Gasteiger partial charge >= 0.3 is 5.82 Å². The second-order valence-electron chi connectivity index (χ2n) is 4.88. The Kier molecular flexibility index (Phi) is 4.67. The normalized spacial score (nSPS) is 15.4. The maximum absolute atomic E-state index is 12.3. The Morgan fingerprint density at radius 2 is 2.25 bits per heavy atom. The molecule has 1 amide bonds. The molecule has 2 rings (SSSR count). The van der Waals surface area contributed by atoms with Gasteiger partial charge in [0, 0.05) is 12.6 Å². The fraction of sp³-hybridized carbons (Fsp3) is 0.667. The average Bonchev–Trinajstić information content (AvgIpc) is 3.06. The lowest BCUT2D eigenvalue weighted by Gasteiger charge is -2.27. The van der Waals surface area contributed by atoms with E-state index in [1.54, 1.807) is 4.90 Å². The van der Waals surface area contributed by atoms with Crippen LogP contribution in [0, 0.1) is 10.1 Å². The number of aliphatic hydroxyl groups is 1. The highest BCUT2D eigenvalue weighted by Gasteiger charge is 2.27. The molecule has 1 heterocycles. The Morgan fingerprint density at radius 3 is 2.80 bits per heavy atom. The van der Waals surface area contributed by atoms with Gasteiger partial charge in [-0.3, -0.25) is 4.79 Å². The summed E-state index contributed by atoms with van der Waals surface area (Å²) in [4.78, 5) is 23.9. The molecule has 20 heavy (non-hydrogen) atoms. The fourth-order valence-corrected chi connectivity index (χ4v) is 2.60. The van der Waals surface area contributed by atoms with E-state index >= 15 is 0 Å². The van der Waals surface area contributed by atoms with E-state index in [4.69, 9.17) is 5.11 Å². The van der Waals surface area contributed by atoms with E-state index in [0.717, 1.165) is 25.7 Å². The summed E-state index contributed by atoms with van der Waals surface area (Å²) in [6.07, 6.45) is 5.50. The third kappa shape index (κ3) is 3.32. The van der Waals surface area contributed by atoms with Crippen molar-refractivity contribution in [2.24, 2.45) is 0 Å². The first-order chi connectivity index (χ1) is 9.61. The molecule has 0 saturated heterocycles. The second-order valence-corrected chi connectivity index (χ2v) is 4.88. The van der Waals surface area contributed by atoms with Gasteiger partial charge in [0.1, 0.15) is 6.54 Å². The van der Waals surface area contributed by atoms with Crippen LogP contribution in [0.15, 0.2) is 12.3 Å². The molecule has 1 aromatic rings. The minimum Gasteiger partial charge on any atom is -0.395 e. The molecule has 1 aliphatic rings. The minimum atomic E-state index is -0.594. The lowest BCUT2D eigenvalue weighted by Crippen LogP contribution is -2.42. The minimum absolute atomic E-state index is 0.0374. The molecular formula is C12H18N4O4. The zero-order valence-electron chi connectivity index (χ0n) is 11.1. The number of nitro groups is 1. The highest BCUT2D eigenvalue weighted by atomic mass is 16.6. The van der Waals surface area contributed by atoms with Gasteiger partial charge in [0.25, 0.3) is 0 Å². The van der Waals surface area contributed by atoms with Gasteiger partial charge in [-0.1, -0.05) is 12.8 Å². The van der Waals surface area contributed by atoms with Crippen LogP contribution in [-0.4, -0.2) is 49.8 Å². The van der Waals surface area contributed by atoms with Gasteiger partial charge in [0.15, 0.2) is 0 Å². The van der Waals surface area contributed by atoms with Crippen LogP contribution in [0.1, 0.15) is 25.7 Å². The average molecular weight is 282 g/mol. The third-order valence-corrected chi connectivity index (χ3v) is 3.54. The van der Waals surface area contributed by atoms with Gasteiger partial charge in [-0.2, -0.15) is 4.68 Å². The summed E-state index contributed by atoms with van der Waals surface area (Å²) in [7, 11) is 0. The number of carbonyl (C=O) groups excluding carboxylic acids is 1. The molecule has 1 aliphatic carbocycles. The van der Waals surface area contributed by atoms with Gasteiger partial charge in [-0.15, -0.1) is 0 Å². The van der Waals surface area contributed by atoms with E-state index in [-0.39, 0.29) is 30.9 Å². The van der Waals surface area contributed by atoms with Crippen LogP contribution in [-0.2, 0) is 11.3 Å². The van der Waals surface area contributed by atoms with Gasteiger partial charge in [0.05, 0.1) is 24.0 Å². The van der Waals surface area contributed by atoms with Gasteiger partial charge < -0.3 is 20.1 Å². The monoisotopic (exact) mass is 282 g/mol. The number of hydrogen-bond acceptors (Lipinski definition) is 5. The number of nitrogens with zero attached hydrogens (tertiary/aromatic N) is 4. The molecule has 8 nitrogen and oxygen atoms in total. The van der Waals surface area contributed by atoms with Crippen molar-refractivity contribution in [3.63, 3.8) is 0 Å². The molecule has 1 fully saturated rings. The SMILES string of the molecule is O=C(Cn1ccc([N+](=O)[O-])n1)N(CCO)C1CCCC1. The quantitative estimate of drug-likeness (QED) is 0.606. The smallest absolute Gasteiger partial charge is 0.389 e. The zero-order valence-corrected chi connectivity index (χ0v) is 11.1. The molecule has 0 unspecified atom stereocenters. The van der Waals surface area contributed by atoms with Crippen molar-refractivity contribution in [2.45, 2.75) is 38.3 Å². The largest absolute Gasteiger partial charge is 0.395 e. The number of aliphatic hydroxyl groups excluding tert-OH is 1. The van der Waals surface area contributed by atoms with Crippen molar-refractivity contribution < 1.29 is 14.8 Å². The zero-order chi connectivity index (χ0) is 14.5. The van der Waals surface area contributed by atoms with Crippen molar-refractivity contribution in [3.05, 3.63) is 22.4 Å². The van der Waals surface area contributed by atoms with Gasteiger partial charge in [-0.25, -0.2) is 0 Å². The summed E-state index contributed by atoms with van der Waals surface area (Å²) in [5, 5.41) is 23.4. The van der Waals surface area contributed by atoms with E-state index in [2.05, 4.69) is 5.10 Å². The third-order valence-electron chi connectivity index (χ3n) is 3.54. The summed E-state index contributed by atoms with van der Waals surface area (Å²) < 4.78 is 1.26. The maximum atomic E-state index is 12.3. The molecule has 110 valence electrons. The molecule has 0 spiro atoms. The molecule has 0 bridgehead atoms. The molecule has 0 aromatic carbocycles. The molecule has 0 radical (unpaired) electrons. The predicted octanol–water partition coefficient (Wildman–Crippen LogP) is 0.555. The molecule has 0 atom stereocenters. The predicted molar refractivity (Wildman–Crippen MR) is 69.9 cm³/mol. The molecule has 0 aliphatic heterocycles. The van der Waals surface area contributed by atoms with Gasteiger partial charge in [0.2, 0.25) is 5.91 Å². The molecular weight excluding hydrogens is 264 g/mol. The number of amides is 1. The molecule has 1 aromatic heterocycles. The van der Waals surface area contributed by atoms with Crippen LogP contribution >= 0.6 is 0 Å². The summed E-state index contributed by atoms with van der Waals surface area (Å²) in [5.41, 5.74) is 0. The van der Waals surface area contributed by atoms with Crippen molar-refractivity contribution in [3.8, 4) is 0 Å². The highest BCUT2D eigenvalue weighted by molar-refractivity contribution is 5.76. The van der Waals surface area contributed by atoms with Crippen LogP contribution in [0.5, 0.6) is 0 Å². The summed E-state index contributed by atoms with van der Waals surface area (Å²) in [5.74, 6) is -0.434. The summed E-state index contributed by atoms with van der Waals surface area (Å²) in [6, 6.07) is 1.43. The summed E-state index contributed by atoms with van der Waals surface area (Å²) >= 11 is 0. The number of aromatic nitrogens is 2. The van der Waals surface area contributed by atoms with E-state index < -0.39 is 4.92 Å². The standard InChI is InChI=1S/C12H18N4O4/c17-8-7-15(10-3-1-2-4-10)12(18)9-14-6-5-11(13-14)16(19)20/h5-6,10,17H,1-4,7-9H2. The Labute approximate surface area is 116 Å². The fourth-order valence-electron chi connectivity index (χ4n) is 2.60. The Balaban J connectivity index is 2.01. The van der Waals surface area contributed by atoms with E-state index in [1.807, 2.05) is 0 Å². The number of carbonyl (C=O) groups is 1. The second kappa shape index (κ2) is 6.47. The molecule has 1 N–H and O–H groups in total. The Bertz CT molecular complexity index is 482. The topological polar surface area (TPSA) is 102 Å². The van der Waals surface area contributed by atoms with E-state index in [9.17, 15) is 14.9 Å². The lowest BCUT2D eigenvalue weighted by atomic mass is 10.2. The van der Waals surface area contributed by atoms with Crippen LogP contribution in [0.4, 0.5) is 5.82 Å². The van der Waals surface area contributed by atoms with E-state index in [1.165, 1.54) is 16.9 Å². The Hall–Kier alpha value is -1.96. The molecule has 8 heteroatoms. The first-order valence-corrected chi connectivity index (χ1v) is 6.70. The van der Waals surface area contributed by atoms with Crippen LogP contribution in [0.2, 0.25) is 0 Å².